The highest BCUT2D eigenvalue weighted by Crippen LogP contribution is 2.23. The molecule has 3 heterocycles. The lowest BCUT2D eigenvalue weighted by Gasteiger charge is -2.19. The van der Waals surface area contributed by atoms with Crippen molar-refractivity contribution >= 4 is 56.7 Å². The van der Waals surface area contributed by atoms with E-state index in [2.05, 4.69) is 24.3 Å². The average molecular weight is 804 g/mol. The largest absolute Gasteiger partial charge is 0.427 e. The van der Waals surface area contributed by atoms with Crippen molar-refractivity contribution in [1.29, 1.82) is 0 Å². The molecule has 0 aliphatic carbocycles. The Morgan fingerprint density at radius 2 is 1.27 bits per heavy atom. The van der Waals surface area contributed by atoms with Gasteiger partial charge in [-0.1, -0.05) is 71.3 Å². The Kier molecular flexibility index (Phi) is 26.2. The van der Waals surface area contributed by atoms with Crippen molar-refractivity contribution < 1.29 is 71.2 Å². The lowest BCUT2D eigenvalue weighted by molar-refractivity contribution is -0.299. The smallest absolute Gasteiger partial charge is 0.332 e. The number of imide groups is 2. The first-order valence-corrected chi connectivity index (χ1v) is 16.9. The van der Waals surface area contributed by atoms with Crippen LogP contribution in [0, 0.1) is 0 Å². The maximum atomic E-state index is 11.6. The third-order valence-electron chi connectivity index (χ3n) is 6.39. The number of ether oxygens (including phenoxy) is 1. The molecular formula is C34H53N5O15S. The van der Waals surface area contributed by atoms with E-state index in [0.717, 1.165) is 16.9 Å². The van der Waals surface area contributed by atoms with Gasteiger partial charge in [0.25, 0.3) is 16.0 Å². The number of hydrogen-bond donors (Lipinski definition) is 2. The van der Waals surface area contributed by atoms with E-state index in [0.29, 0.717) is 21.7 Å². The Bertz CT molecular complexity index is 1750. The SMILES string of the molecule is C.C.C.CC.CC(=O)Oc1ccccc1.CC(=O)On1nnc2ccccc21.CC(OO)N1C(=O)CCC1=O.COS(=O)(=O)C1CC(=O)N(C(C)OO)C1=O. The van der Waals surface area contributed by atoms with Crippen molar-refractivity contribution in [2.45, 2.75) is 101 Å². The summed E-state index contributed by atoms with van der Waals surface area (Å²) in [6, 6.07) is 16.2. The molecule has 2 N–H and O–H groups in total. The molecule has 0 saturated carbocycles. The van der Waals surface area contributed by atoms with Gasteiger partial charge in [-0.15, -0.1) is 5.10 Å². The zero-order valence-corrected chi connectivity index (χ0v) is 30.2. The van der Waals surface area contributed by atoms with Crippen LogP contribution in [0.1, 0.15) is 83.1 Å². The van der Waals surface area contributed by atoms with E-state index < -0.39 is 52.0 Å². The fraction of sp³-hybridized carbons (Fsp3) is 0.471. The highest BCUT2D eigenvalue weighted by molar-refractivity contribution is 7.88. The second kappa shape index (κ2) is 26.6. The normalized spacial score (nSPS) is 15.3. The quantitative estimate of drug-likeness (QED) is 0.0623. The fourth-order valence-corrected chi connectivity index (χ4v) is 5.07. The van der Waals surface area contributed by atoms with Crippen LogP contribution in [0.5, 0.6) is 5.75 Å². The Balaban J connectivity index is -0.000000642. The number of para-hydroxylation sites is 2. The number of carbonyl (C=O) groups is 6. The van der Waals surface area contributed by atoms with E-state index in [4.69, 9.17) is 20.1 Å². The molecule has 5 rings (SSSR count). The summed E-state index contributed by atoms with van der Waals surface area (Å²) in [6.07, 6.45) is -2.17. The number of rotatable bonds is 8. The van der Waals surface area contributed by atoms with Crippen molar-refractivity contribution in [1.82, 2.24) is 25.0 Å². The van der Waals surface area contributed by atoms with Gasteiger partial charge in [0.1, 0.15) is 16.8 Å². The van der Waals surface area contributed by atoms with E-state index >= 15 is 0 Å². The molecule has 2 fully saturated rings. The molecule has 20 nitrogen and oxygen atoms in total. The van der Waals surface area contributed by atoms with Crippen LogP contribution in [0.15, 0.2) is 54.6 Å². The van der Waals surface area contributed by atoms with Crippen molar-refractivity contribution in [3.8, 4) is 5.75 Å². The topological polar surface area (TPSA) is 260 Å². The van der Waals surface area contributed by atoms with Gasteiger partial charge in [-0.05, 0) is 43.3 Å². The summed E-state index contributed by atoms with van der Waals surface area (Å²) in [5.41, 5.74) is 1.38. The number of nitrogens with zero attached hydrogens (tertiary/aromatic N) is 5. The van der Waals surface area contributed by atoms with Crippen molar-refractivity contribution in [3.05, 3.63) is 54.6 Å². The van der Waals surface area contributed by atoms with Crippen LogP contribution in [-0.2, 0) is 52.8 Å². The van der Waals surface area contributed by atoms with Gasteiger partial charge in [0.2, 0.25) is 17.7 Å². The van der Waals surface area contributed by atoms with E-state index in [9.17, 15) is 37.2 Å². The average Bonchev–Trinajstić information content (AvgIpc) is 3.79. The minimum Gasteiger partial charge on any atom is -0.427 e. The number of amides is 4. The summed E-state index contributed by atoms with van der Waals surface area (Å²) in [4.78, 5) is 80.8. The van der Waals surface area contributed by atoms with Gasteiger partial charge >= 0.3 is 11.9 Å². The van der Waals surface area contributed by atoms with Gasteiger partial charge in [-0.2, -0.15) is 8.42 Å². The summed E-state index contributed by atoms with van der Waals surface area (Å²) >= 11 is 0. The first-order chi connectivity index (χ1) is 24.6. The van der Waals surface area contributed by atoms with Gasteiger partial charge in [0.05, 0.1) is 13.5 Å². The zero-order valence-electron chi connectivity index (χ0n) is 29.4. The lowest BCUT2D eigenvalue weighted by Crippen LogP contribution is -2.42. The van der Waals surface area contributed by atoms with Crippen molar-refractivity contribution in [2.24, 2.45) is 0 Å². The van der Waals surface area contributed by atoms with Gasteiger partial charge in [0.15, 0.2) is 17.7 Å². The molecule has 0 spiro atoms. The Morgan fingerprint density at radius 1 is 0.782 bits per heavy atom. The number of esters is 1. The Hall–Kier alpha value is -5.19. The number of likely N-dealkylation sites (tertiary alicyclic amines) is 2. The molecule has 0 bridgehead atoms. The molecule has 2 aliphatic heterocycles. The van der Waals surface area contributed by atoms with E-state index in [1.54, 1.807) is 24.3 Å². The first kappa shape index (κ1) is 54.2. The maximum absolute atomic E-state index is 11.6. The second-order valence-corrected chi connectivity index (χ2v) is 11.8. The molecule has 21 heteroatoms. The van der Waals surface area contributed by atoms with Crippen LogP contribution in [0.2, 0.25) is 0 Å². The minimum absolute atomic E-state index is 0. The molecular weight excluding hydrogens is 750 g/mol. The predicted molar refractivity (Wildman–Crippen MR) is 198 cm³/mol. The van der Waals surface area contributed by atoms with Crippen molar-refractivity contribution in [2.75, 3.05) is 7.11 Å². The lowest BCUT2D eigenvalue weighted by atomic mass is 10.3. The number of aromatic nitrogens is 3. The van der Waals surface area contributed by atoms with E-state index in [1.807, 2.05) is 44.2 Å². The Morgan fingerprint density at radius 3 is 1.75 bits per heavy atom. The summed E-state index contributed by atoms with van der Waals surface area (Å²) in [5.74, 6) is -2.41. The van der Waals surface area contributed by atoms with Gasteiger partial charge in [0, 0.05) is 26.7 Å². The van der Waals surface area contributed by atoms with Crippen molar-refractivity contribution in [3.63, 3.8) is 0 Å². The van der Waals surface area contributed by atoms with E-state index in [-0.39, 0.29) is 52.9 Å². The standard InChI is InChI=1S/C8H7N3O2.C8H8O2.C7H11NO7S.C6H9NO4.C2H6.3CH4/c1-6(12)13-11-8-5-3-2-4-7(8)9-10-11;1-7(9)10-8-5-3-2-4-6-8;1-4(15-11)8-6(9)3-5(7(8)10)16(12,13)14-2;1-4(11-10)7-5(8)2-3-6(7)9;1-2;;;/h2-5H,1H3;2-6H,1H3;4-5,11H,3H2,1-2H3;4,10H,2-3H2,1H3;1-2H3;3*1H4. The summed E-state index contributed by atoms with van der Waals surface area (Å²) in [7, 11) is -3.20. The van der Waals surface area contributed by atoms with Gasteiger partial charge < -0.3 is 9.57 Å². The molecule has 2 aromatic carbocycles. The number of carbonyl (C=O) groups excluding carboxylic acids is 6. The number of hydrogen-bond acceptors (Lipinski definition) is 17. The highest BCUT2D eigenvalue weighted by Gasteiger charge is 2.48. The van der Waals surface area contributed by atoms with Crippen LogP contribution >= 0.6 is 0 Å². The molecule has 3 atom stereocenters. The summed E-state index contributed by atoms with van der Waals surface area (Å²) in [5, 5.41) is 22.4. The van der Waals surface area contributed by atoms with Crippen LogP contribution in [0.25, 0.3) is 11.0 Å². The maximum Gasteiger partial charge on any atom is 0.332 e. The fourth-order valence-electron chi connectivity index (χ4n) is 4.13. The zero-order chi connectivity index (χ0) is 39.6. The van der Waals surface area contributed by atoms with Crippen LogP contribution < -0.4 is 9.57 Å². The third kappa shape index (κ3) is 16.4. The van der Waals surface area contributed by atoms with Gasteiger partial charge in [-0.25, -0.2) is 25.1 Å². The second-order valence-electron chi connectivity index (χ2n) is 9.96. The monoisotopic (exact) mass is 803 g/mol. The Labute approximate surface area is 320 Å². The van der Waals surface area contributed by atoms with E-state index in [1.165, 1.54) is 27.7 Å². The highest BCUT2D eigenvalue weighted by atomic mass is 32.2. The molecule has 2 aliphatic rings. The molecule has 4 amide bonds. The van der Waals surface area contributed by atoms with Crippen LogP contribution in [0.3, 0.4) is 0 Å². The molecule has 310 valence electrons. The van der Waals surface area contributed by atoms with Gasteiger partial charge in [-0.3, -0.25) is 38.0 Å². The number of benzene rings is 2. The van der Waals surface area contributed by atoms with Crippen LogP contribution in [-0.4, -0.2) is 104 Å². The molecule has 3 aromatic rings. The number of fused-ring (bicyclic) bond motifs is 1. The molecule has 55 heavy (non-hydrogen) atoms. The molecule has 1 aromatic heterocycles. The summed E-state index contributed by atoms with van der Waals surface area (Å²) < 4.78 is 31.5. The predicted octanol–water partition coefficient (Wildman–Crippen LogP) is 3.85. The molecule has 2 saturated heterocycles. The molecule has 0 radical (unpaired) electrons. The molecule has 3 unspecified atom stereocenters. The summed E-state index contributed by atoms with van der Waals surface area (Å²) in [6.45, 7) is 9.36. The first-order valence-electron chi connectivity index (χ1n) is 15.4. The van der Waals surface area contributed by atoms with Crippen LogP contribution in [0.4, 0.5) is 0 Å². The third-order valence-corrected chi connectivity index (χ3v) is 7.92. The minimum atomic E-state index is -4.10.